The molecular formula is C13H13NO3. The third-order valence-electron chi connectivity index (χ3n) is 2.66. The Bertz CT molecular complexity index is 628. The van der Waals surface area contributed by atoms with Gasteiger partial charge >= 0.3 is 5.97 Å². The van der Waals surface area contributed by atoms with Gasteiger partial charge in [-0.05, 0) is 24.1 Å². The van der Waals surface area contributed by atoms with Crippen molar-refractivity contribution >= 4 is 16.9 Å². The second-order valence-corrected chi connectivity index (χ2v) is 3.98. The standard InChI is InChI=1S/C13H13NO3/c1-2-3-8-4-5-10-9(6-8)12(15)7-11(14-10)13(16)17/h4-7H,2-3H2,1H3,(H,14,15)(H,16,17). The fraction of sp³-hybridized carbons (Fsp3) is 0.231. The summed E-state index contributed by atoms with van der Waals surface area (Å²) in [5, 5.41) is 9.38. The molecule has 0 fully saturated rings. The molecule has 0 saturated heterocycles. The average molecular weight is 231 g/mol. The Balaban J connectivity index is 2.64. The molecule has 0 unspecified atom stereocenters. The van der Waals surface area contributed by atoms with E-state index in [1.165, 1.54) is 0 Å². The number of hydrogen-bond donors (Lipinski definition) is 2. The van der Waals surface area contributed by atoms with Crippen molar-refractivity contribution in [1.29, 1.82) is 0 Å². The molecule has 0 saturated carbocycles. The van der Waals surface area contributed by atoms with Crippen LogP contribution in [0.1, 0.15) is 29.4 Å². The SMILES string of the molecule is CCCc1ccc2[nH]c(C(=O)O)cc(=O)c2c1. The molecule has 2 N–H and O–H groups in total. The number of hydrogen-bond acceptors (Lipinski definition) is 2. The first kappa shape index (κ1) is 11.4. The molecule has 1 heterocycles. The van der Waals surface area contributed by atoms with Gasteiger partial charge in [0, 0.05) is 17.0 Å². The van der Waals surface area contributed by atoms with Crippen LogP contribution in [0, 0.1) is 0 Å². The number of carboxylic acids is 1. The van der Waals surface area contributed by atoms with E-state index in [4.69, 9.17) is 5.11 Å². The number of fused-ring (bicyclic) bond motifs is 1. The Morgan fingerprint density at radius 1 is 1.35 bits per heavy atom. The van der Waals surface area contributed by atoms with Crippen LogP contribution in [0.2, 0.25) is 0 Å². The number of pyridine rings is 1. The highest BCUT2D eigenvalue weighted by molar-refractivity contribution is 5.89. The summed E-state index contributed by atoms with van der Waals surface area (Å²) in [5.74, 6) is -1.12. The molecule has 2 aromatic rings. The summed E-state index contributed by atoms with van der Waals surface area (Å²) < 4.78 is 0. The minimum absolute atomic E-state index is 0.0780. The minimum Gasteiger partial charge on any atom is -0.477 e. The van der Waals surface area contributed by atoms with E-state index in [1.54, 1.807) is 6.07 Å². The normalized spacial score (nSPS) is 10.6. The summed E-state index contributed by atoms with van der Waals surface area (Å²) in [7, 11) is 0. The fourth-order valence-corrected chi connectivity index (χ4v) is 1.85. The van der Waals surface area contributed by atoms with E-state index in [0.717, 1.165) is 24.5 Å². The van der Waals surface area contributed by atoms with E-state index < -0.39 is 5.97 Å². The van der Waals surface area contributed by atoms with Crippen molar-refractivity contribution < 1.29 is 9.90 Å². The van der Waals surface area contributed by atoms with Crippen molar-refractivity contribution in [3.8, 4) is 0 Å². The van der Waals surface area contributed by atoms with Crippen LogP contribution in [0.5, 0.6) is 0 Å². The summed E-state index contributed by atoms with van der Waals surface area (Å²) in [6.07, 6.45) is 1.92. The highest BCUT2D eigenvalue weighted by Gasteiger charge is 2.07. The maximum atomic E-state index is 11.8. The monoisotopic (exact) mass is 231 g/mol. The topological polar surface area (TPSA) is 70.2 Å². The number of aromatic carboxylic acids is 1. The van der Waals surface area contributed by atoms with Gasteiger partial charge in [0.25, 0.3) is 0 Å². The lowest BCUT2D eigenvalue weighted by molar-refractivity contribution is 0.0691. The molecule has 0 radical (unpaired) electrons. The number of benzene rings is 1. The van der Waals surface area contributed by atoms with Crippen LogP contribution in [-0.2, 0) is 6.42 Å². The molecule has 2 rings (SSSR count). The van der Waals surface area contributed by atoms with Gasteiger partial charge in [-0.2, -0.15) is 0 Å². The second-order valence-electron chi connectivity index (χ2n) is 3.98. The van der Waals surface area contributed by atoms with Crippen molar-refractivity contribution in [2.45, 2.75) is 19.8 Å². The summed E-state index contributed by atoms with van der Waals surface area (Å²) in [5.41, 5.74) is 1.32. The van der Waals surface area contributed by atoms with E-state index in [9.17, 15) is 9.59 Å². The molecule has 88 valence electrons. The molecule has 0 amide bonds. The smallest absolute Gasteiger partial charge is 0.352 e. The number of nitrogens with one attached hydrogen (secondary N) is 1. The number of aromatic amines is 1. The molecule has 0 aliphatic carbocycles. The van der Waals surface area contributed by atoms with Crippen molar-refractivity contribution in [1.82, 2.24) is 4.98 Å². The minimum atomic E-state index is -1.12. The van der Waals surface area contributed by atoms with Crippen LogP contribution in [0.15, 0.2) is 29.1 Å². The van der Waals surface area contributed by atoms with Crippen LogP contribution in [0.3, 0.4) is 0 Å². The Hall–Kier alpha value is -2.10. The number of H-pyrrole nitrogens is 1. The summed E-state index contributed by atoms with van der Waals surface area (Å²) in [4.78, 5) is 25.3. The number of aromatic nitrogens is 1. The van der Waals surface area contributed by atoms with Gasteiger partial charge < -0.3 is 10.1 Å². The lowest BCUT2D eigenvalue weighted by Crippen LogP contribution is -2.09. The van der Waals surface area contributed by atoms with Crippen LogP contribution in [0.4, 0.5) is 0 Å². The zero-order valence-corrected chi connectivity index (χ0v) is 9.49. The molecule has 4 heteroatoms. The predicted molar refractivity (Wildman–Crippen MR) is 65.5 cm³/mol. The molecule has 1 aromatic heterocycles. The molecule has 0 aliphatic rings. The molecule has 0 bridgehead atoms. The maximum Gasteiger partial charge on any atom is 0.352 e. The average Bonchev–Trinajstić information content (AvgIpc) is 2.30. The zero-order chi connectivity index (χ0) is 12.4. The van der Waals surface area contributed by atoms with E-state index in [0.29, 0.717) is 10.9 Å². The Labute approximate surface area is 97.9 Å². The van der Waals surface area contributed by atoms with Crippen LogP contribution in [0.25, 0.3) is 10.9 Å². The van der Waals surface area contributed by atoms with E-state index in [-0.39, 0.29) is 11.1 Å². The van der Waals surface area contributed by atoms with Crippen LogP contribution < -0.4 is 5.43 Å². The van der Waals surface area contributed by atoms with Gasteiger partial charge in [0.1, 0.15) is 5.69 Å². The first-order valence-corrected chi connectivity index (χ1v) is 5.51. The van der Waals surface area contributed by atoms with Crippen molar-refractivity contribution in [3.05, 3.63) is 45.7 Å². The molecule has 0 aliphatic heterocycles. The Morgan fingerprint density at radius 2 is 2.12 bits per heavy atom. The summed E-state index contributed by atoms with van der Waals surface area (Å²) in [6.45, 7) is 2.07. The highest BCUT2D eigenvalue weighted by Crippen LogP contribution is 2.12. The van der Waals surface area contributed by atoms with Gasteiger partial charge in [0.15, 0.2) is 5.43 Å². The van der Waals surface area contributed by atoms with Crippen molar-refractivity contribution in [2.24, 2.45) is 0 Å². The quantitative estimate of drug-likeness (QED) is 0.850. The molecular weight excluding hydrogens is 218 g/mol. The summed E-state index contributed by atoms with van der Waals surface area (Å²) in [6, 6.07) is 6.62. The lowest BCUT2D eigenvalue weighted by atomic mass is 10.1. The van der Waals surface area contributed by atoms with Gasteiger partial charge in [-0.3, -0.25) is 4.79 Å². The van der Waals surface area contributed by atoms with Gasteiger partial charge in [0.2, 0.25) is 0 Å². The number of rotatable bonds is 3. The molecule has 0 atom stereocenters. The van der Waals surface area contributed by atoms with Gasteiger partial charge in [-0.1, -0.05) is 19.4 Å². The van der Waals surface area contributed by atoms with Gasteiger partial charge in [0.05, 0.1) is 0 Å². The van der Waals surface area contributed by atoms with E-state index in [1.807, 2.05) is 12.1 Å². The fourth-order valence-electron chi connectivity index (χ4n) is 1.85. The van der Waals surface area contributed by atoms with Gasteiger partial charge in [-0.25, -0.2) is 4.79 Å². The first-order chi connectivity index (χ1) is 8.11. The number of carbonyl (C=O) groups is 1. The molecule has 17 heavy (non-hydrogen) atoms. The van der Waals surface area contributed by atoms with Crippen LogP contribution in [-0.4, -0.2) is 16.1 Å². The highest BCUT2D eigenvalue weighted by atomic mass is 16.4. The number of carboxylic acid groups (broad SMARTS) is 1. The van der Waals surface area contributed by atoms with Crippen LogP contribution >= 0.6 is 0 Å². The van der Waals surface area contributed by atoms with E-state index in [2.05, 4.69) is 11.9 Å². The van der Waals surface area contributed by atoms with E-state index >= 15 is 0 Å². The molecule has 1 aromatic carbocycles. The third kappa shape index (κ3) is 2.20. The van der Waals surface area contributed by atoms with Gasteiger partial charge in [-0.15, -0.1) is 0 Å². The maximum absolute atomic E-state index is 11.8. The third-order valence-corrected chi connectivity index (χ3v) is 2.66. The molecule has 0 spiro atoms. The Morgan fingerprint density at radius 3 is 2.76 bits per heavy atom. The first-order valence-electron chi connectivity index (χ1n) is 5.51. The molecule has 4 nitrogen and oxygen atoms in total. The zero-order valence-electron chi connectivity index (χ0n) is 9.49. The largest absolute Gasteiger partial charge is 0.477 e. The summed E-state index contributed by atoms with van der Waals surface area (Å²) >= 11 is 0. The number of aryl methyl sites for hydroxylation is 1. The van der Waals surface area contributed by atoms with Crippen molar-refractivity contribution in [3.63, 3.8) is 0 Å². The van der Waals surface area contributed by atoms with Crippen molar-refractivity contribution in [2.75, 3.05) is 0 Å². The second kappa shape index (κ2) is 4.41. The lowest BCUT2D eigenvalue weighted by Gasteiger charge is -2.03. The Kier molecular flexibility index (Phi) is 2.95. The predicted octanol–water partition coefficient (Wildman–Crippen LogP) is 2.18.